The molecule has 0 atom stereocenters. The molecule has 4 heterocycles. The third-order valence-corrected chi connectivity index (χ3v) is 4.52. The summed E-state index contributed by atoms with van der Waals surface area (Å²) in [4.78, 5) is 30.7. The van der Waals surface area contributed by atoms with E-state index in [0.29, 0.717) is 24.2 Å². The Kier molecular flexibility index (Phi) is 4.37. The fraction of sp³-hybridized carbons (Fsp3) is 0.211. The van der Waals surface area contributed by atoms with E-state index in [1.165, 1.54) is 6.33 Å². The molecule has 1 aliphatic rings. The molecule has 3 aromatic heterocycles. The summed E-state index contributed by atoms with van der Waals surface area (Å²) in [5.74, 6) is -0.964. The second-order valence-corrected chi connectivity index (χ2v) is 6.24. The molecule has 0 aromatic carbocycles. The highest BCUT2D eigenvalue weighted by molar-refractivity contribution is 5.96. The molecule has 0 amide bonds. The van der Waals surface area contributed by atoms with Crippen LogP contribution in [0.4, 0.5) is 0 Å². The molecule has 0 unspecified atom stereocenters. The van der Waals surface area contributed by atoms with Crippen LogP contribution in [0.25, 0.3) is 11.3 Å². The highest BCUT2D eigenvalue weighted by atomic mass is 16.4. The molecule has 130 valence electrons. The maximum atomic E-state index is 11.9. The molecule has 0 fully saturated rings. The zero-order chi connectivity index (χ0) is 17.9. The van der Waals surface area contributed by atoms with Crippen LogP contribution < -0.4 is 0 Å². The molecule has 7 heteroatoms. The van der Waals surface area contributed by atoms with Crippen LogP contribution in [0, 0.1) is 0 Å². The van der Waals surface area contributed by atoms with Gasteiger partial charge >= 0.3 is 5.97 Å². The minimum Gasteiger partial charge on any atom is -0.478 e. The van der Waals surface area contributed by atoms with Crippen molar-refractivity contribution in [2.24, 2.45) is 0 Å². The molecule has 0 aliphatic carbocycles. The molecule has 0 bridgehead atoms. The van der Waals surface area contributed by atoms with Gasteiger partial charge in [-0.3, -0.25) is 14.9 Å². The normalized spacial score (nSPS) is 14.0. The Bertz CT molecular complexity index is 931. The summed E-state index contributed by atoms with van der Waals surface area (Å²) in [6, 6.07) is 3.97. The molecule has 4 rings (SSSR count). The summed E-state index contributed by atoms with van der Waals surface area (Å²) in [6.45, 7) is 2.24. The maximum Gasteiger partial charge on any atom is 0.338 e. The van der Waals surface area contributed by atoms with Gasteiger partial charge < -0.3 is 5.11 Å². The average molecular weight is 347 g/mol. The quantitative estimate of drug-likeness (QED) is 0.773. The molecule has 0 spiro atoms. The van der Waals surface area contributed by atoms with Gasteiger partial charge in [0, 0.05) is 56.2 Å². The highest BCUT2D eigenvalue weighted by Gasteiger charge is 2.26. The lowest BCUT2D eigenvalue weighted by atomic mass is 9.93. The molecule has 0 saturated carbocycles. The van der Waals surface area contributed by atoms with Crippen molar-refractivity contribution in [3.63, 3.8) is 0 Å². The fourth-order valence-corrected chi connectivity index (χ4v) is 3.36. The van der Waals surface area contributed by atoms with Crippen LogP contribution in [0.1, 0.15) is 27.0 Å². The van der Waals surface area contributed by atoms with Gasteiger partial charge in [0.15, 0.2) is 0 Å². The number of carboxylic acids is 1. The van der Waals surface area contributed by atoms with Crippen LogP contribution in [0.2, 0.25) is 0 Å². The van der Waals surface area contributed by atoms with E-state index in [2.05, 4.69) is 24.8 Å². The van der Waals surface area contributed by atoms with Gasteiger partial charge in [-0.05, 0) is 29.2 Å². The maximum absolute atomic E-state index is 11.9. The Morgan fingerprint density at radius 3 is 2.73 bits per heavy atom. The van der Waals surface area contributed by atoms with Crippen molar-refractivity contribution in [1.82, 2.24) is 24.8 Å². The summed E-state index contributed by atoms with van der Waals surface area (Å²) in [7, 11) is 0. The third-order valence-electron chi connectivity index (χ3n) is 4.52. The van der Waals surface area contributed by atoms with E-state index in [9.17, 15) is 9.90 Å². The van der Waals surface area contributed by atoms with Crippen molar-refractivity contribution in [2.45, 2.75) is 19.5 Å². The highest BCUT2D eigenvalue weighted by Crippen LogP contribution is 2.29. The first-order chi connectivity index (χ1) is 12.7. The van der Waals surface area contributed by atoms with E-state index in [0.717, 1.165) is 29.8 Å². The molecular formula is C19H17N5O2. The summed E-state index contributed by atoms with van der Waals surface area (Å²) in [6.07, 6.45) is 10.7. The predicted octanol–water partition coefficient (Wildman–Crippen LogP) is 2.19. The van der Waals surface area contributed by atoms with Gasteiger partial charge in [-0.25, -0.2) is 14.8 Å². The van der Waals surface area contributed by atoms with Crippen molar-refractivity contribution in [1.29, 1.82) is 0 Å². The Hall–Kier alpha value is -3.19. The fourth-order valence-electron chi connectivity index (χ4n) is 3.36. The lowest BCUT2D eigenvalue weighted by molar-refractivity contribution is 0.0695. The third kappa shape index (κ3) is 3.16. The topological polar surface area (TPSA) is 92.1 Å². The van der Waals surface area contributed by atoms with Crippen LogP contribution in [0.3, 0.4) is 0 Å². The van der Waals surface area contributed by atoms with Gasteiger partial charge in [-0.2, -0.15) is 0 Å². The number of hydrogen-bond acceptors (Lipinski definition) is 6. The van der Waals surface area contributed by atoms with Crippen LogP contribution in [0.5, 0.6) is 0 Å². The molecule has 26 heavy (non-hydrogen) atoms. The van der Waals surface area contributed by atoms with Gasteiger partial charge in [0.25, 0.3) is 0 Å². The van der Waals surface area contributed by atoms with E-state index < -0.39 is 5.97 Å². The number of aromatic nitrogens is 4. The Labute approximate surface area is 150 Å². The molecule has 1 N–H and O–H groups in total. The van der Waals surface area contributed by atoms with Gasteiger partial charge in [-0.15, -0.1) is 0 Å². The standard InChI is InChI=1S/C19H17N5O2/c25-19(26)17-16-3-5-24(10-13-2-1-4-20-6-13)11-15(16)9-23-18(17)14-7-21-12-22-8-14/h1-2,4,6-9,12H,3,5,10-11H2,(H,25,26). The van der Waals surface area contributed by atoms with Crippen LogP contribution >= 0.6 is 0 Å². The second kappa shape index (κ2) is 6.97. The van der Waals surface area contributed by atoms with Crippen LogP contribution in [0.15, 0.2) is 49.4 Å². The molecular weight excluding hydrogens is 330 g/mol. The minimum atomic E-state index is -0.964. The van der Waals surface area contributed by atoms with Crippen LogP contribution in [-0.4, -0.2) is 42.5 Å². The van der Waals surface area contributed by atoms with Gasteiger partial charge in [0.2, 0.25) is 0 Å². The van der Waals surface area contributed by atoms with E-state index in [1.807, 2.05) is 18.3 Å². The zero-order valence-electron chi connectivity index (χ0n) is 14.0. The van der Waals surface area contributed by atoms with Gasteiger partial charge in [-0.1, -0.05) is 6.07 Å². The molecule has 0 radical (unpaired) electrons. The van der Waals surface area contributed by atoms with E-state index in [-0.39, 0.29) is 5.56 Å². The Balaban J connectivity index is 1.67. The monoisotopic (exact) mass is 347 g/mol. The first-order valence-electron chi connectivity index (χ1n) is 8.33. The molecule has 0 saturated heterocycles. The average Bonchev–Trinajstić information content (AvgIpc) is 2.68. The number of carbonyl (C=O) groups is 1. The van der Waals surface area contributed by atoms with Crippen molar-refractivity contribution in [3.05, 3.63) is 71.7 Å². The Morgan fingerprint density at radius 2 is 2.00 bits per heavy atom. The first-order valence-corrected chi connectivity index (χ1v) is 8.33. The lowest BCUT2D eigenvalue weighted by Gasteiger charge is -2.29. The number of rotatable bonds is 4. The van der Waals surface area contributed by atoms with Crippen molar-refractivity contribution in [2.75, 3.05) is 6.54 Å². The number of aromatic carboxylic acids is 1. The largest absolute Gasteiger partial charge is 0.478 e. The molecule has 3 aromatic rings. The second-order valence-electron chi connectivity index (χ2n) is 6.24. The first kappa shape index (κ1) is 16.3. The minimum absolute atomic E-state index is 0.262. The van der Waals surface area contributed by atoms with Crippen molar-refractivity contribution in [3.8, 4) is 11.3 Å². The number of carboxylic acid groups (broad SMARTS) is 1. The molecule has 1 aliphatic heterocycles. The summed E-state index contributed by atoms with van der Waals surface area (Å²) in [5.41, 5.74) is 4.26. The van der Waals surface area contributed by atoms with E-state index in [1.54, 1.807) is 24.8 Å². The summed E-state index contributed by atoms with van der Waals surface area (Å²) in [5, 5.41) is 9.78. The smallest absolute Gasteiger partial charge is 0.338 e. The number of fused-ring (bicyclic) bond motifs is 1. The van der Waals surface area contributed by atoms with Crippen LogP contribution in [-0.2, 0) is 19.5 Å². The predicted molar refractivity (Wildman–Crippen MR) is 94.3 cm³/mol. The van der Waals surface area contributed by atoms with Gasteiger partial charge in [0.1, 0.15) is 6.33 Å². The molecule has 7 nitrogen and oxygen atoms in total. The lowest BCUT2D eigenvalue weighted by Crippen LogP contribution is -2.31. The Morgan fingerprint density at radius 1 is 1.15 bits per heavy atom. The van der Waals surface area contributed by atoms with Gasteiger partial charge in [0.05, 0.1) is 11.3 Å². The summed E-state index contributed by atoms with van der Waals surface area (Å²) >= 11 is 0. The summed E-state index contributed by atoms with van der Waals surface area (Å²) < 4.78 is 0. The van der Waals surface area contributed by atoms with E-state index in [4.69, 9.17) is 0 Å². The van der Waals surface area contributed by atoms with Crippen molar-refractivity contribution < 1.29 is 9.90 Å². The van der Waals surface area contributed by atoms with Crippen molar-refractivity contribution >= 4 is 5.97 Å². The zero-order valence-corrected chi connectivity index (χ0v) is 14.0. The number of pyridine rings is 2. The van der Waals surface area contributed by atoms with E-state index >= 15 is 0 Å². The number of hydrogen-bond donors (Lipinski definition) is 1. The number of nitrogens with zero attached hydrogens (tertiary/aromatic N) is 5. The SMILES string of the molecule is O=C(O)c1c(-c2cncnc2)ncc2c1CCN(Cc1cccnc1)C2.